The van der Waals surface area contributed by atoms with E-state index in [1.807, 2.05) is 24.3 Å². The zero-order valence-corrected chi connectivity index (χ0v) is 15.0. The first-order valence-electron chi connectivity index (χ1n) is 8.90. The average molecular weight is 331 g/mol. The number of nitrogens with one attached hydrogen (secondary N) is 2. The van der Waals surface area contributed by atoms with Crippen molar-refractivity contribution in [3.05, 3.63) is 29.8 Å². The molecule has 1 fully saturated rings. The third-order valence-corrected chi connectivity index (χ3v) is 4.70. The number of carbonyl (C=O) groups excluding carboxylic acids is 2. The lowest BCUT2D eigenvalue weighted by molar-refractivity contribution is -0.119. The van der Waals surface area contributed by atoms with E-state index >= 15 is 0 Å². The van der Waals surface area contributed by atoms with Crippen LogP contribution in [0.4, 0.5) is 5.69 Å². The van der Waals surface area contributed by atoms with Crippen LogP contribution in [-0.2, 0) is 4.79 Å². The van der Waals surface area contributed by atoms with E-state index in [1.54, 1.807) is 6.92 Å². The van der Waals surface area contributed by atoms with Gasteiger partial charge < -0.3 is 15.5 Å². The van der Waals surface area contributed by atoms with Gasteiger partial charge in [0.1, 0.15) is 0 Å². The molecule has 1 atom stereocenters. The fraction of sp³-hybridized carbons (Fsp3) is 0.579. The molecule has 1 unspecified atom stereocenters. The Hall–Kier alpha value is -2.04. The molecule has 0 bridgehead atoms. The van der Waals surface area contributed by atoms with Gasteiger partial charge in [0.05, 0.1) is 5.56 Å². The van der Waals surface area contributed by atoms with E-state index in [0.29, 0.717) is 12.5 Å². The van der Waals surface area contributed by atoms with Crippen LogP contribution in [0.1, 0.15) is 50.4 Å². The second-order valence-electron chi connectivity index (χ2n) is 6.70. The summed E-state index contributed by atoms with van der Waals surface area (Å²) in [6, 6.07) is 8.02. The molecule has 5 heteroatoms. The largest absolute Gasteiger partial charge is 0.371 e. The van der Waals surface area contributed by atoms with Crippen molar-refractivity contribution in [3.63, 3.8) is 0 Å². The van der Waals surface area contributed by atoms with Gasteiger partial charge >= 0.3 is 0 Å². The fourth-order valence-corrected chi connectivity index (χ4v) is 3.00. The van der Waals surface area contributed by atoms with Gasteiger partial charge in [-0.25, -0.2) is 0 Å². The highest BCUT2D eigenvalue weighted by Gasteiger charge is 2.23. The van der Waals surface area contributed by atoms with E-state index in [1.165, 1.54) is 0 Å². The molecular weight excluding hydrogens is 302 g/mol. The zero-order chi connectivity index (χ0) is 17.5. The highest BCUT2D eigenvalue weighted by atomic mass is 16.2. The molecule has 1 heterocycles. The Balaban J connectivity index is 2.01. The number of nitrogens with zero attached hydrogens (tertiary/aromatic N) is 1. The summed E-state index contributed by atoms with van der Waals surface area (Å²) in [5, 5.41) is 6.03. The molecule has 2 rings (SSSR count). The first-order chi connectivity index (χ1) is 11.5. The number of piperidine rings is 1. The van der Waals surface area contributed by atoms with Gasteiger partial charge in [-0.15, -0.1) is 0 Å². The van der Waals surface area contributed by atoms with Gasteiger partial charge in [-0.2, -0.15) is 0 Å². The standard InChI is InChI=1S/C19H29N3O2/c1-4-14(2)13-20-19(24)17-7-5-6-8-18(17)22-11-9-16(10-12-22)21-15(3)23/h5-8,14,16H,4,9-13H2,1-3H3,(H,20,24)(H,21,23). The quantitative estimate of drug-likeness (QED) is 0.842. The maximum atomic E-state index is 12.5. The Morgan fingerprint density at radius 2 is 1.92 bits per heavy atom. The predicted molar refractivity (Wildman–Crippen MR) is 97.3 cm³/mol. The SMILES string of the molecule is CCC(C)CNC(=O)c1ccccc1N1CCC(NC(C)=O)CC1. The van der Waals surface area contributed by atoms with Gasteiger partial charge in [-0.1, -0.05) is 32.4 Å². The topological polar surface area (TPSA) is 61.4 Å². The smallest absolute Gasteiger partial charge is 0.253 e. The highest BCUT2D eigenvalue weighted by molar-refractivity contribution is 5.99. The summed E-state index contributed by atoms with van der Waals surface area (Å²) in [5.41, 5.74) is 1.72. The third-order valence-electron chi connectivity index (χ3n) is 4.70. The first-order valence-corrected chi connectivity index (χ1v) is 8.90. The number of hydrogen-bond acceptors (Lipinski definition) is 3. The van der Waals surface area contributed by atoms with Gasteiger partial charge in [0.25, 0.3) is 5.91 Å². The monoisotopic (exact) mass is 331 g/mol. The number of para-hydroxylation sites is 1. The summed E-state index contributed by atoms with van der Waals surface area (Å²) in [5.74, 6) is 0.502. The summed E-state index contributed by atoms with van der Waals surface area (Å²) in [4.78, 5) is 26.0. The van der Waals surface area contributed by atoms with Gasteiger partial charge in [-0.3, -0.25) is 9.59 Å². The van der Waals surface area contributed by atoms with Crippen LogP contribution < -0.4 is 15.5 Å². The average Bonchev–Trinajstić information content (AvgIpc) is 2.59. The molecule has 1 aromatic rings. The van der Waals surface area contributed by atoms with Gasteiger partial charge in [0, 0.05) is 38.3 Å². The van der Waals surface area contributed by atoms with E-state index in [2.05, 4.69) is 29.4 Å². The molecule has 132 valence electrons. The lowest BCUT2D eigenvalue weighted by atomic mass is 10.0. The second-order valence-corrected chi connectivity index (χ2v) is 6.70. The van der Waals surface area contributed by atoms with E-state index in [0.717, 1.165) is 43.6 Å². The van der Waals surface area contributed by atoms with Crippen molar-refractivity contribution in [1.29, 1.82) is 0 Å². The Bertz CT molecular complexity index is 565. The molecule has 1 aliphatic rings. The Kier molecular flexibility index (Phi) is 6.64. The molecule has 0 saturated carbocycles. The first kappa shape index (κ1) is 18.3. The number of rotatable bonds is 6. The van der Waals surface area contributed by atoms with Crippen molar-refractivity contribution in [2.24, 2.45) is 5.92 Å². The number of anilines is 1. The molecule has 2 N–H and O–H groups in total. The molecule has 24 heavy (non-hydrogen) atoms. The zero-order valence-electron chi connectivity index (χ0n) is 15.0. The van der Waals surface area contributed by atoms with E-state index in [9.17, 15) is 9.59 Å². The van der Waals surface area contributed by atoms with Crippen LogP contribution in [0.15, 0.2) is 24.3 Å². The second kappa shape index (κ2) is 8.71. The van der Waals surface area contributed by atoms with Gasteiger partial charge in [-0.05, 0) is 30.9 Å². The van der Waals surface area contributed by atoms with Crippen molar-refractivity contribution >= 4 is 17.5 Å². The van der Waals surface area contributed by atoms with Crippen LogP contribution >= 0.6 is 0 Å². The van der Waals surface area contributed by atoms with E-state index in [4.69, 9.17) is 0 Å². The molecule has 1 aliphatic heterocycles. The predicted octanol–water partition coefficient (Wildman–Crippen LogP) is 2.57. The highest BCUT2D eigenvalue weighted by Crippen LogP contribution is 2.24. The van der Waals surface area contributed by atoms with Crippen molar-refractivity contribution in [3.8, 4) is 0 Å². The molecule has 0 radical (unpaired) electrons. The summed E-state index contributed by atoms with van der Waals surface area (Å²) in [7, 11) is 0. The number of benzene rings is 1. The molecule has 5 nitrogen and oxygen atoms in total. The third kappa shape index (κ3) is 4.98. The molecule has 1 saturated heterocycles. The maximum absolute atomic E-state index is 12.5. The van der Waals surface area contributed by atoms with Gasteiger partial charge in [0.2, 0.25) is 5.91 Å². The van der Waals surface area contributed by atoms with Crippen LogP contribution in [0.3, 0.4) is 0 Å². The minimum absolute atomic E-state index is 0.00474. The minimum atomic E-state index is -0.00474. The molecule has 1 aromatic carbocycles. The number of hydrogen-bond donors (Lipinski definition) is 2. The van der Waals surface area contributed by atoms with Crippen LogP contribution in [0, 0.1) is 5.92 Å². The van der Waals surface area contributed by atoms with Gasteiger partial charge in [0.15, 0.2) is 0 Å². The van der Waals surface area contributed by atoms with Crippen LogP contribution in [-0.4, -0.2) is 37.5 Å². The van der Waals surface area contributed by atoms with E-state index in [-0.39, 0.29) is 17.9 Å². The van der Waals surface area contributed by atoms with Crippen LogP contribution in [0.5, 0.6) is 0 Å². The number of amides is 2. The lowest BCUT2D eigenvalue weighted by Gasteiger charge is -2.34. The molecular formula is C19H29N3O2. The van der Waals surface area contributed by atoms with Crippen molar-refractivity contribution in [1.82, 2.24) is 10.6 Å². The summed E-state index contributed by atoms with van der Waals surface area (Å²) < 4.78 is 0. The Morgan fingerprint density at radius 3 is 2.54 bits per heavy atom. The number of carbonyl (C=O) groups is 2. The van der Waals surface area contributed by atoms with Crippen molar-refractivity contribution in [2.75, 3.05) is 24.5 Å². The summed E-state index contributed by atoms with van der Waals surface area (Å²) in [6.07, 6.45) is 2.86. The summed E-state index contributed by atoms with van der Waals surface area (Å²) in [6.45, 7) is 8.22. The van der Waals surface area contributed by atoms with Crippen molar-refractivity contribution < 1.29 is 9.59 Å². The van der Waals surface area contributed by atoms with E-state index < -0.39 is 0 Å². The molecule has 2 amide bonds. The maximum Gasteiger partial charge on any atom is 0.253 e. The molecule has 0 spiro atoms. The molecule has 0 aliphatic carbocycles. The fourth-order valence-electron chi connectivity index (χ4n) is 3.00. The van der Waals surface area contributed by atoms with Crippen LogP contribution in [0.25, 0.3) is 0 Å². The summed E-state index contributed by atoms with van der Waals surface area (Å²) >= 11 is 0. The molecule has 0 aromatic heterocycles. The Morgan fingerprint density at radius 1 is 1.25 bits per heavy atom. The van der Waals surface area contributed by atoms with Crippen LogP contribution in [0.2, 0.25) is 0 Å². The normalized spacial score (nSPS) is 16.5. The minimum Gasteiger partial charge on any atom is -0.371 e. The Labute approximate surface area is 144 Å². The lowest BCUT2D eigenvalue weighted by Crippen LogP contribution is -2.44. The van der Waals surface area contributed by atoms with Crippen molar-refractivity contribution in [2.45, 2.75) is 46.1 Å².